The third kappa shape index (κ3) is 4.58. The van der Waals surface area contributed by atoms with Crippen LogP contribution in [-0.2, 0) is 16.6 Å². The van der Waals surface area contributed by atoms with Crippen LogP contribution in [-0.4, -0.2) is 38.6 Å². The minimum atomic E-state index is -3.04. The van der Waals surface area contributed by atoms with E-state index in [0.29, 0.717) is 19.0 Å². The second kappa shape index (κ2) is 6.70. The number of nitrogens with zero attached hydrogens (tertiary/aromatic N) is 1. The van der Waals surface area contributed by atoms with E-state index in [1.54, 1.807) is 4.31 Å². The maximum atomic E-state index is 11.6. The van der Waals surface area contributed by atoms with Crippen LogP contribution in [0.4, 0.5) is 0 Å². The van der Waals surface area contributed by atoms with E-state index in [-0.39, 0.29) is 0 Å². The quantitative estimate of drug-likeness (QED) is 0.900. The molecule has 1 aliphatic heterocycles. The monoisotopic (exact) mass is 296 g/mol. The van der Waals surface area contributed by atoms with Crippen molar-refractivity contribution in [3.63, 3.8) is 0 Å². The van der Waals surface area contributed by atoms with Crippen LogP contribution in [0.3, 0.4) is 0 Å². The Hall–Kier alpha value is -0.910. The minimum Gasteiger partial charge on any atom is -0.312 e. The van der Waals surface area contributed by atoms with Crippen LogP contribution in [0.25, 0.3) is 0 Å². The molecule has 20 heavy (non-hydrogen) atoms. The molecule has 1 atom stereocenters. The number of nitrogens with one attached hydrogen (secondary N) is 1. The molecule has 1 N–H and O–H groups in total. The van der Waals surface area contributed by atoms with Crippen LogP contribution in [0.2, 0.25) is 0 Å². The Bertz CT molecular complexity index is 525. The van der Waals surface area contributed by atoms with Gasteiger partial charge in [-0.05, 0) is 37.8 Å². The highest BCUT2D eigenvalue weighted by Gasteiger charge is 2.25. The average Bonchev–Trinajstić information content (AvgIpc) is 2.40. The van der Waals surface area contributed by atoms with Crippen LogP contribution in [0, 0.1) is 12.8 Å². The molecule has 1 fully saturated rings. The summed E-state index contributed by atoms with van der Waals surface area (Å²) >= 11 is 0. The third-order valence-electron chi connectivity index (χ3n) is 3.83. The van der Waals surface area contributed by atoms with E-state index in [2.05, 4.69) is 36.5 Å². The van der Waals surface area contributed by atoms with Crippen LogP contribution in [0.5, 0.6) is 0 Å². The molecule has 112 valence electrons. The fourth-order valence-corrected chi connectivity index (χ4v) is 3.56. The van der Waals surface area contributed by atoms with E-state index in [1.165, 1.54) is 17.4 Å². The zero-order valence-electron chi connectivity index (χ0n) is 12.3. The lowest BCUT2D eigenvalue weighted by Gasteiger charge is -2.31. The Kier molecular flexibility index (Phi) is 5.18. The van der Waals surface area contributed by atoms with Gasteiger partial charge in [-0.3, -0.25) is 0 Å². The fourth-order valence-electron chi connectivity index (χ4n) is 2.62. The molecular formula is C15H24N2O2S. The van der Waals surface area contributed by atoms with Crippen LogP contribution < -0.4 is 5.32 Å². The topological polar surface area (TPSA) is 49.4 Å². The molecule has 0 radical (unpaired) electrons. The van der Waals surface area contributed by atoms with Gasteiger partial charge in [0.05, 0.1) is 6.26 Å². The highest BCUT2D eigenvalue weighted by Crippen LogP contribution is 2.18. The average molecular weight is 296 g/mol. The smallest absolute Gasteiger partial charge is 0.211 e. The van der Waals surface area contributed by atoms with Crippen molar-refractivity contribution in [3.8, 4) is 0 Å². The van der Waals surface area contributed by atoms with Gasteiger partial charge in [-0.25, -0.2) is 12.7 Å². The van der Waals surface area contributed by atoms with Crippen molar-refractivity contribution in [2.75, 3.05) is 25.9 Å². The van der Waals surface area contributed by atoms with Gasteiger partial charge >= 0.3 is 0 Å². The molecule has 0 spiro atoms. The molecule has 1 heterocycles. The first kappa shape index (κ1) is 15.5. The Morgan fingerprint density at radius 3 is 2.65 bits per heavy atom. The number of hydrogen-bond acceptors (Lipinski definition) is 3. The van der Waals surface area contributed by atoms with E-state index in [4.69, 9.17) is 0 Å². The van der Waals surface area contributed by atoms with Crippen molar-refractivity contribution in [2.45, 2.75) is 26.3 Å². The number of benzene rings is 1. The van der Waals surface area contributed by atoms with Gasteiger partial charge in [0.15, 0.2) is 0 Å². The summed E-state index contributed by atoms with van der Waals surface area (Å²) in [6, 6.07) is 8.49. The summed E-state index contributed by atoms with van der Waals surface area (Å²) in [6.45, 7) is 5.13. The largest absolute Gasteiger partial charge is 0.312 e. The molecule has 2 rings (SSSR count). The Morgan fingerprint density at radius 1 is 1.30 bits per heavy atom. The predicted molar refractivity (Wildman–Crippen MR) is 82.0 cm³/mol. The molecule has 5 heteroatoms. The van der Waals surface area contributed by atoms with Gasteiger partial charge in [-0.15, -0.1) is 0 Å². The second-order valence-corrected chi connectivity index (χ2v) is 7.73. The summed E-state index contributed by atoms with van der Waals surface area (Å²) in [5.74, 6) is 0.420. The predicted octanol–water partition coefficient (Wildman–Crippen LogP) is 1.76. The molecule has 4 nitrogen and oxygen atoms in total. The fraction of sp³-hybridized carbons (Fsp3) is 0.600. The van der Waals surface area contributed by atoms with Gasteiger partial charge in [0.1, 0.15) is 0 Å². The summed E-state index contributed by atoms with van der Waals surface area (Å²) in [5, 5.41) is 3.44. The first-order valence-corrected chi connectivity index (χ1v) is 9.01. The van der Waals surface area contributed by atoms with E-state index in [1.807, 2.05) is 0 Å². The molecule has 1 unspecified atom stereocenters. The van der Waals surface area contributed by atoms with Crippen molar-refractivity contribution < 1.29 is 8.42 Å². The summed E-state index contributed by atoms with van der Waals surface area (Å²) in [6.07, 6.45) is 3.37. The van der Waals surface area contributed by atoms with Crippen molar-refractivity contribution in [3.05, 3.63) is 35.4 Å². The number of piperidine rings is 1. The zero-order valence-corrected chi connectivity index (χ0v) is 13.1. The lowest BCUT2D eigenvalue weighted by Crippen LogP contribution is -2.42. The van der Waals surface area contributed by atoms with Gasteiger partial charge in [-0.1, -0.05) is 29.8 Å². The van der Waals surface area contributed by atoms with Crippen molar-refractivity contribution in [1.82, 2.24) is 9.62 Å². The minimum absolute atomic E-state index is 0.420. The van der Waals surface area contributed by atoms with Gasteiger partial charge < -0.3 is 5.32 Å². The molecule has 1 aromatic rings. The summed E-state index contributed by atoms with van der Waals surface area (Å²) in [4.78, 5) is 0. The van der Waals surface area contributed by atoms with E-state index in [9.17, 15) is 8.42 Å². The number of aryl methyl sites for hydroxylation is 1. The highest BCUT2D eigenvalue weighted by atomic mass is 32.2. The number of hydrogen-bond donors (Lipinski definition) is 1. The molecule has 0 aromatic heterocycles. The van der Waals surface area contributed by atoms with Crippen molar-refractivity contribution >= 4 is 10.0 Å². The molecule has 0 amide bonds. The zero-order chi connectivity index (χ0) is 14.6. The molecule has 0 saturated carbocycles. The number of rotatable bonds is 5. The van der Waals surface area contributed by atoms with Gasteiger partial charge in [0.25, 0.3) is 0 Å². The van der Waals surface area contributed by atoms with Gasteiger partial charge in [0.2, 0.25) is 10.0 Å². The van der Waals surface area contributed by atoms with Crippen molar-refractivity contribution in [2.24, 2.45) is 5.92 Å². The van der Waals surface area contributed by atoms with E-state index < -0.39 is 10.0 Å². The first-order chi connectivity index (χ1) is 9.45. The highest BCUT2D eigenvalue weighted by molar-refractivity contribution is 7.88. The van der Waals surface area contributed by atoms with Gasteiger partial charge in [-0.2, -0.15) is 0 Å². The Balaban J connectivity index is 1.78. The summed E-state index contributed by atoms with van der Waals surface area (Å²) < 4.78 is 24.7. The van der Waals surface area contributed by atoms with Crippen molar-refractivity contribution in [1.29, 1.82) is 0 Å². The standard InChI is InChI=1S/C15H24N2O2S/c1-13-5-7-14(8-6-13)10-16-11-15-4-3-9-17(12-15)20(2,18)19/h5-8,15-16H,3-4,9-12H2,1-2H3. The molecule has 1 aliphatic rings. The lowest BCUT2D eigenvalue weighted by atomic mass is 9.99. The maximum Gasteiger partial charge on any atom is 0.211 e. The Morgan fingerprint density at radius 2 is 2.00 bits per heavy atom. The maximum absolute atomic E-state index is 11.6. The van der Waals surface area contributed by atoms with Crippen LogP contribution in [0.1, 0.15) is 24.0 Å². The molecule has 1 saturated heterocycles. The van der Waals surface area contributed by atoms with Crippen LogP contribution >= 0.6 is 0 Å². The van der Waals surface area contributed by atoms with E-state index >= 15 is 0 Å². The normalized spacial score (nSPS) is 21.0. The summed E-state index contributed by atoms with van der Waals surface area (Å²) in [5.41, 5.74) is 2.54. The molecule has 1 aromatic carbocycles. The summed E-state index contributed by atoms with van der Waals surface area (Å²) in [7, 11) is -3.04. The van der Waals surface area contributed by atoms with Crippen LogP contribution in [0.15, 0.2) is 24.3 Å². The lowest BCUT2D eigenvalue weighted by molar-refractivity contribution is 0.261. The molecular weight excluding hydrogens is 272 g/mol. The first-order valence-electron chi connectivity index (χ1n) is 7.16. The van der Waals surface area contributed by atoms with Gasteiger partial charge in [0, 0.05) is 19.6 Å². The molecule has 0 aliphatic carbocycles. The second-order valence-electron chi connectivity index (χ2n) is 5.75. The molecule has 0 bridgehead atoms. The van der Waals surface area contributed by atoms with E-state index in [0.717, 1.165) is 25.9 Å². The SMILES string of the molecule is Cc1ccc(CNCC2CCCN(S(C)(=O)=O)C2)cc1. The third-order valence-corrected chi connectivity index (χ3v) is 5.10. The Labute approximate surface area is 122 Å². The number of sulfonamides is 1.